The van der Waals surface area contributed by atoms with E-state index in [2.05, 4.69) is 16.4 Å². The Kier molecular flexibility index (Phi) is 3.89. The zero-order chi connectivity index (χ0) is 10.4. The van der Waals surface area contributed by atoms with Gasteiger partial charge >= 0.3 is 0 Å². The Labute approximate surface area is 83.2 Å². The number of nitriles is 1. The normalized spacial score (nSPS) is 12.0. The van der Waals surface area contributed by atoms with E-state index in [-0.39, 0.29) is 11.7 Å². The molecule has 0 spiro atoms. The van der Waals surface area contributed by atoms with Crippen molar-refractivity contribution in [1.29, 1.82) is 5.26 Å². The van der Waals surface area contributed by atoms with E-state index in [1.54, 1.807) is 12.1 Å². The fraction of sp³-hybridized carbons (Fsp3) is 0.400. The van der Waals surface area contributed by atoms with E-state index in [0.717, 1.165) is 5.69 Å². The minimum absolute atomic E-state index is 0.00659. The number of nitrogens with one attached hydrogen (secondary N) is 1. The Morgan fingerprint density at radius 1 is 1.64 bits per heavy atom. The summed E-state index contributed by atoms with van der Waals surface area (Å²) in [4.78, 5) is 4.01. The summed E-state index contributed by atoms with van der Waals surface area (Å²) in [5.74, 6) is 0.172. The quantitative estimate of drug-likeness (QED) is 0.746. The number of hydrogen-bond acceptors (Lipinski definition) is 4. The van der Waals surface area contributed by atoms with Gasteiger partial charge in [-0.2, -0.15) is 5.26 Å². The monoisotopic (exact) mass is 191 g/mol. The minimum Gasteiger partial charge on any atom is -0.506 e. The molecule has 0 fully saturated rings. The largest absolute Gasteiger partial charge is 0.506 e. The van der Waals surface area contributed by atoms with Crippen LogP contribution in [0, 0.1) is 17.2 Å². The molecule has 0 amide bonds. The first kappa shape index (κ1) is 10.5. The van der Waals surface area contributed by atoms with E-state index >= 15 is 0 Å². The van der Waals surface area contributed by atoms with Crippen LogP contribution in [-0.2, 0) is 6.54 Å². The summed E-state index contributed by atoms with van der Waals surface area (Å²) in [6.45, 7) is 3.13. The van der Waals surface area contributed by atoms with Gasteiger partial charge in [-0.3, -0.25) is 4.98 Å². The molecule has 4 heteroatoms. The maximum Gasteiger partial charge on any atom is 0.133 e. The summed E-state index contributed by atoms with van der Waals surface area (Å²) in [6, 6.07) is 5.48. The van der Waals surface area contributed by atoms with Crippen LogP contribution in [0.15, 0.2) is 18.3 Å². The highest BCUT2D eigenvalue weighted by molar-refractivity contribution is 5.17. The topological polar surface area (TPSA) is 68.9 Å². The van der Waals surface area contributed by atoms with Crippen LogP contribution in [-0.4, -0.2) is 16.6 Å². The number of hydrogen-bond donors (Lipinski definition) is 2. The molecule has 1 aromatic heterocycles. The summed E-state index contributed by atoms with van der Waals surface area (Å²) < 4.78 is 0. The summed E-state index contributed by atoms with van der Waals surface area (Å²) in [7, 11) is 0. The summed E-state index contributed by atoms with van der Waals surface area (Å²) in [6.07, 6.45) is 1.41. The third kappa shape index (κ3) is 3.42. The SMILES string of the molecule is CC(C#N)CNCc1ccc(O)cn1. The second-order valence-corrected chi connectivity index (χ2v) is 3.17. The van der Waals surface area contributed by atoms with E-state index < -0.39 is 0 Å². The molecule has 1 heterocycles. The smallest absolute Gasteiger partial charge is 0.133 e. The van der Waals surface area contributed by atoms with Crippen LogP contribution >= 0.6 is 0 Å². The van der Waals surface area contributed by atoms with Gasteiger partial charge in [0, 0.05) is 13.1 Å². The Balaban J connectivity index is 2.32. The molecule has 74 valence electrons. The molecule has 14 heavy (non-hydrogen) atoms. The van der Waals surface area contributed by atoms with Gasteiger partial charge in [0.15, 0.2) is 0 Å². The van der Waals surface area contributed by atoms with Gasteiger partial charge in [0.1, 0.15) is 5.75 Å². The van der Waals surface area contributed by atoms with Crippen molar-refractivity contribution < 1.29 is 5.11 Å². The standard InChI is InChI=1S/C10H13N3O/c1-8(4-11)5-12-6-9-2-3-10(14)7-13-9/h2-3,7-8,12,14H,5-6H2,1H3. The lowest BCUT2D eigenvalue weighted by atomic mass is 10.2. The van der Waals surface area contributed by atoms with Gasteiger partial charge in [-0.15, -0.1) is 0 Å². The Hall–Kier alpha value is -1.60. The second kappa shape index (κ2) is 5.20. The van der Waals surface area contributed by atoms with Gasteiger partial charge in [0.25, 0.3) is 0 Å². The zero-order valence-electron chi connectivity index (χ0n) is 8.07. The van der Waals surface area contributed by atoms with Crippen molar-refractivity contribution in [3.05, 3.63) is 24.0 Å². The molecule has 0 radical (unpaired) electrons. The van der Waals surface area contributed by atoms with E-state index in [0.29, 0.717) is 13.1 Å². The third-order valence-corrected chi connectivity index (χ3v) is 1.79. The van der Waals surface area contributed by atoms with Crippen molar-refractivity contribution in [1.82, 2.24) is 10.3 Å². The second-order valence-electron chi connectivity index (χ2n) is 3.17. The molecule has 0 aromatic carbocycles. The molecule has 0 aliphatic heterocycles. The molecule has 0 saturated heterocycles. The maximum absolute atomic E-state index is 8.98. The molecule has 1 unspecified atom stereocenters. The predicted octanol–water partition coefficient (Wildman–Crippen LogP) is 1.04. The first-order chi connectivity index (χ1) is 6.72. The molecule has 1 rings (SSSR count). The van der Waals surface area contributed by atoms with Crippen LogP contribution in [0.3, 0.4) is 0 Å². The minimum atomic E-state index is 0.00659. The van der Waals surface area contributed by atoms with Gasteiger partial charge in [0.05, 0.1) is 23.9 Å². The molecular formula is C10H13N3O. The number of pyridine rings is 1. The molecule has 0 saturated carbocycles. The molecular weight excluding hydrogens is 178 g/mol. The lowest BCUT2D eigenvalue weighted by molar-refractivity contribution is 0.471. The van der Waals surface area contributed by atoms with Crippen LogP contribution < -0.4 is 5.32 Å². The van der Waals surface area contributed by atoms with Crippen molar-refractivity contribution in [2.75, 3.05) is 6.54 Å². The molecule has 2 N–H and O–H groups in total. The Morgan fingerprint density at radius 3 is 3.00 bits per heavy atom. The molecule has 0 aliphatic rings. The van der Waals surface area contributed by atoms with E-state index in [1.165, 1.54) is 6.20 Å². The molecule has 4 nitrogen and oxygen atoms in total. The summed E-state index contributed by atoms with van der Waals surface area (Å²) in [5.41, 5.74) is 0.855. The zero-order valence-corrected chi connectivity index (χ0v) is 8.07. The van der Waals surface area contributed by atoms with E-state index in [4.69, 9.17) is 10.4 Å². The van der Waals surface area contributed by atoms with Crippen LogP contribution in [0.2, 0.25) is 0 Å². The van der Waals surface area contributed by atoms with Crippen molar-refractivity contribution in [3.63, 3.8) is 0 Å². The first-order valence-electron chi connectivity index (χ1n) is 4.46. The lowest BCUT2D eigenvalue weighted by Crippen LogP contribution is -2.20. The van der Waals surface area contributed by atoms with Gasteiger partial charge in [-0.25, -0.2) is 0 Å². The summed E-state index contributed by atoms with van der Waals surface area (Å²) >= 11 is 0. The Bertz CT molecular complexity index is 315. The predicted molar refractivity (Wildman–Crippen MR) is 52.4 cm³/mol. The number of rotatable bonds is 4. The third-order valence-electron chi connectivity index (χ3n) is 1.79. The fourth-order valence-corrected chi connectivity index (χ4v) is 0.984. The first-order valence-corrected chi connectivity index (χ1v) is 4.46. The number of nitrogens with zero attached hydrogens (tertiary/aromatic N) is 2. The van der Waals surface area contributed by atoms with Gasteiger partial charge in [-0.1, -0.05) is 0 Å². The summed E-state index contributed by atoms with van der Waals surface area (Å²) in [5, 5.41) is 20.6. The van der Waals surface area contributed by atoms with Crippen molar-refractivity contribution >= 4 is 0 Å². The van der Waals surface area contributed by atoms with Gasteiger partial charge in [-0.05, 0) is 19.1 Å². The average Bonchev–Trinajstić information content (AvgIpc) is 2.21. The van der Waals surface area contributed by atoms with Crippen molar-refractivity contribution in [2.45, 2.75) is 13.5 Å². The van der Waals surface area contributed by atoms with Crippen molar-refractivity contribution in [3.8, 4) is 11.8 Å². The van der Waals surface area contributed by atoms with Crippen LogP contribution in [0.1, 0.15) is 12.6 Å². The maximum atomic E-state index is 8.98. The van der Waals surface area contributed by atoms with E-state index in [1.807, 2.05) is 6.92 Å². The highest BCUT2D eigenvalue weighted by atomic mass is 16.3. The van der Waals surface area contributed by atoms with Gasteiger partial charge in [0.2, 0.25) is 0 Å². The number of aromatic nitrogens is 1. The average molecular weight is 191 g/mol. The van der Waals surface area contributed by atoms with Crippen LogP contribution in [0.5, 0.6) is 5.75 Å². The van der Waals surface area contributed by atoms with Crippen LogP contribution in [0.25, 0.3) is 0 Å². The lowest BCUT2D eigenvalue weighted by Gasteiger charge is -2.04. The van der Waals surface area contributed by atoms with E-state index in [9.17, 15) is 0 Å². The Morgan fingerprint density at radius 2 is 2.43 bits per heavy atom. The fourth-order valence-electron chi connectivity index (χ4n) is 0.984. The molecule has 1 atom stereocenters. The molecule has 1 aromatic rings. The molecule has 0 bridgehead atoms. The van der Waals surface area contributed by atoms with Crippen LogP contribution in [0.4, 0.5) is 0 Å². The molecule has 0 aliphatic carbocycles. The highest BCUT2D eigenvalue weighted by Crippen LogP contribution is 2.05. The van der Waals surface area contributed by atoms with Crippen molar-refractivity contribution in [2.24, 2.45) is 5.92 Å². The van der Waals surface area contributed by atoms with Gasteiger partial charge < -0.3 is 10.4 Å². The highest BCUT2D eigenvalue weighted by Gasteiger charge is 1.99. The number of aromatic hydroxyl groups is 1.